The van der Waals surface area contributed by atoms with Gasteiger partial charge in [0.2, 0.25) is 22.4 Å². The largest absolute Gasteiger partial charge is 0.493 e. The van der Waals surface area contributed by atoms with Crippen LogP contribution in [0.15, 0.2) is 114 Å². The molecule has 5 atom stereocenters. The molecule has 17 heteroatoms. The fraction of sp³-hybridized carbons (Fsp3) is 0.340. The molecule has 4 aliphatic rings. The van der Waals surface area contributed by atoms with Crippen LogP contribution >= 0.6 is 23.2 Å². The Morgan fingerprint density at radius 1 is 0.844 bits per heavy atom. The minimum atomic E-state index is -4.30. The van der Waals surface area contributed by atoms with E-state index in [4.69, 9.17) is 42.1 Å². The lowest BCUT2D eigenvalue weighted by atomic mass is 9.75. The summed E-state index contributed by atoms with van der Waals surface area (Å²) < 4.78 is 54.4. The number of carboxylic acid groups (broad SMARTS) is 1. The van der Waals surface area contributed by atoms with Crippen LogP contribution in [0.25, 0.3) is 0 Å². The summed E-state index contributed by atoms with van der Waals surface area (Å²) >= 11 is 13.1. The van der Waals surface area contributed by atoms with Crippen LogP contribution in [0, 0.1) is 11.8 Å². The van der Waals surface area contributed by atoms with Gasteiger partial charge in [0.1, 0.15) is 28.5 Å². The monoisotopic (exact) mass is 931 g/mol. The van der Waals surface area contributed by atoms with E-state index in [0.717, 1.165) is 43.6 Å². The number of aliphatic carboxylic acids is 1. The molecule has 3 N–H and O–H groups in total. The maximum Gasteiger partial charge on any atom is 0.408 e. The van der Waals surface area contributed by atoms with Gasteiger partial charge in [-0.05, 0) is 96.9 Å². The second-order valence-corrected chi connectivity index (χ2v) is 19.0. The van der Waals surface area contributed by atoms with Crippen LogP contribution < -0.4 is 24.3 Å². The van der Waals surface area contributed by atoms with Crippen LogP contribution in [0.2, 0.25) is 10.0 Å². The lowest BCUT2D eigenvalue weighted by Crippen LogP contribution is -2.63. The quantitative estimate of drug-likeness (QED) is 0.0681. The van der Waals surface area contributed by atoms with Crippen LogP contribution in [0.5, 0.6) is 17.2 Å². The Hall–Kier alpha value is -5.58. The third kappa shape index (κ3) is 9.59. The molecule has 5 heterocycles. The van der Waals surface area contributed by atoms with Crippen molar-refractivity contribution in [2.24, 2.45) is 11.8 Å². The van der Waals surface area contributed by atoms with Gasteiger partial charge in [-0.25, -0.2) is 13.2 Å². The Balaban J connectivity index is 1.03. The summed E-state index contributed by atoms with van der Waals surface area (Å²) in [6, 6.07) is 26.7. The van der Waals surface area contributed by atoms with Gasteiger partial charge in [-0.3, -0.25) is 14.9 Å². The van der Waals surface area contributed by atoms with E-state index < -0.39 is 46.0 Å². The number of piperidine rings is 3. The number of benzene rings is 4. The number of sulfonamides is 1. The van der Waals surface area contributed by atoms with Gasteiger partial charge >= 0.3 is 12.1 Å². The average Bonchev–Trinajstić information content (AvgIpc) is 3.28. The third-order valence-electron chi connectivity index (χ3n) is 12.5. The van der Waals surface area contributed by atoms with Crippen LogP contribution in [0.1, 0.15) is 52.6 Å². The lowest BCUT2D eigenvalue weighted by molar-refractivity contribution is -0.904. The Morgan fingerprint density at radius 3 is 2.22 bits per heavy atom. The number of fused-ring (bicyclic) bond motifs is 3. The number of nitrogens with one attached hydrogen (secondary N) is 1. The van der Waals surface area contributed by atoms with Gasteiger partial charge in [-0.1, -0.05) is 83.9 Å². The van der Waals surface area contributed by atoms with Gasteiger partial charge in [0, 0.05) is 35.3 Å². The average molecular weight is 933 g/mol. The van der Waals surface area contributed by atoms with Gasteiger partial charge in [0.05, 0.1) is 31.1 Å². The number of rotatable bonds is 16. The van der Waals surface area contributed by atoms with Crippen LogP contribution in [0.4, 0.5) is 4.79 Å². The standard InChI is InChI=1S/C47H48Cl2N4O10S/c1-60-41-15-14-32(22-42(41)61-2)36(23-37-39(48)25-52(57)26-40(37)49)45-38(46(54)55)24-53(45)64(58,59)35-13-6-8-29(20-35)28-62-34-12-7-11-33(21-34)44(31-9-4-3-5-10-31)50-47(56)63-43-27-51-18-16-30(43)17-19-51/h3-15,20-22,25-26,30,36,38,43-45H,16-19,23-24,27-28H2,1-2H3,(H2-,50,54,55,56,57)/p+1/t36-,38?,43-,44-,45?/m0/s1. The van der Waals surface area contributed by atoms with Gasteiger partial charge in [-0.15, -0.1) is 0 Å². The Bertz CT molecular complexity index is 2590. The smallest absolute Gasteiger partial charge is 0.408 e. The van der Waals surface area contributed by atoms with Crippen LogP contribution in [-0.2, 0) is 32.6 Å². The minimum absolute atomic E-state index is 0.00314. The molecule has 9 rings (SSSR count). The highest BCUT2D eigenvalue weighted by molar-refractivity contribution is 7.89. The van der Waals surface area contributed by atoms with E-state index in [-0.39, 0.29) is 40.6 Å². The molecule has 4 fully saturated rings. The third-order valence-corrected chi connectivity index (χ3v) is 15.0. The maximum atomic E-state index is 14.6. The summed E-state index contributed by atoms with van der Waals surface area (Å²) in [7, 11) is -1.36. The van der Waals surface area contributed by atoms with Crippen molar-refractivity contribution < 1.29 is 52.0 Å². The molecule has 0 aliphatic carbocycles. The van der Waals surface area contributed by atoms with Crippen molar-refractivity contribution >= 4 is 45.3 Å². The number of hydrogen-bond donors (Lipinski definition) is 3. The topological polar surface area (TPSA) is 168 Å². The predicted molar refractivity (Wildman–Crippen MR) is 237 cm³/mol. The first kappa shape index (κ1) is 45.0. The number of methoxy groups -OCH3 is 2. The first-order chi connectivity index (χ1) is 30.8. The molecule has 4 aromatic carbocycles. The molecule has 14 nitrogen and oxygen atoms in total. The van der Waals surface area contributed by atoms with E-state index in [1.807, 2.05) is 48.5 Å². The highest BCUT2D eigenvalue weighted by Crippen LogP contribution is 2.45. The minimum Gasteiger partial charge on any atom is -0.493 e. The summed E-state index contributed by atoms with van der Waals surface area (Å²) in [6.07, 6.45) is 3.91. The molecular formula is C47H49Cl2N4O10S+. The number of nitrogens with zero attached hydrogens (tertiary/aromatic N) is 3. The summed E-state index contributed by atoms with van der Waals surface area (Å²) in [6.45, 7) is 2.54. The highest BCUT2D eigenvalue weighted by atomic mass is 35.5. The van der Waals surface area contributed by atoms with Crippen molar-refractivity contribution in [3.8, 4) is 17.2 Å². The molecule has 1 amide bonds. The number of halogens is 2. The highest BCUT2D eigenvalue weighted by Gasteiger charge is 2.54. The molecule has 4 saturated heterocycles. The van der Waals surface area contributed by atoms with E-state index in [2.05, 4.69) is 10.2 Å². The zero-order valence-electron chi connectivity index (χ0n) is 35.2. The van der Waals surface area contributed by atoms with Crippen molar-refractivity contribution in [2.75, 3.05) is 40.4 Å². The molecule has 2 unspecified atom stereocenters. The molecule has 0 radical (unpaired) electrons. The number of hydrogen-bond acceptors (Lipinski definition) is 10. The van der Waals surface area contributed by atoms with E-state index >= 15 is 0 Å². The van der Waals surface area contributed by atoms with Crippen LogP contribution in [0.3, 0.4) is 0 Å². The zero-order chi connectivity index (χ0) is 45.1. The molecular weight excluding hydrogens is 884 g/mol. The molecule has 336 valence electrons. The normalized spacial score (nSPS) is 21.5. The van der Waals surface area contributed by atoms with Crippen molar-refractivity contribution in [3.63, 3.8) is 0 Å². The SMILES string of the molecule is COc1ccc([C@H](Cc2c(Cl)c[n+](O)cc2Cl)C2C(C(=O)O)CN2S(=O)(=O)c2cccc(COc3cccc([C@@H](NC(=O)O[C@H]4CN5CCC4CC5)c4ccccc4)c3)c2)cc1OC. The number of pyridine rings is 1. The molecule has 0 spiro atoms. The zero-order valence-corrected chi connectivity index (χ0v) is 37.5. The summed E-state index contributed by atoms with van der Waals surface area (Å²) in [5.41, 5.74) is 3.12. The fourth-order valence-corrected chi connectivity index (χ4v) is 11.5. The van der Waals surface area contributed by atoms with Gasteiger partial charge in [0.15, 0.2) is 11.5 Å². The van der Waals surface area contributed by atoms with E-state index in [1.54, 1.807) is 36.4 Å². The molecule has 1 aromatic heterocycles. The Kier molecular flexibility index (Phi) is 13.5. The van der Waals surface area contributed by atoms with Gasteiger partial charge in [-0.2, -0.15) is 4.31 Å². The number of amides is 1. The van der Waals surface area contributed by atoms with Crippen molar-refractivity contribution in [1.82, 2.24) is 14.5 Å². The number of alkyl carbamates (subject to hydrolysis) is 1. The molecule has 64 heavy (non-hydrogen) atoms. The summed E-state index contributed by atoms with van der Waals surface area (Å²) in [5.74, 6) is -1.42. The predicted octanol–water partition coefficient (Wildman–Crippen LogP) is 7.12. The van der Waals surface area contributed by atoms with Gasteiger partial charge < -0.3 is 29.4 Å². The summed E-state index contributed by atoms with van der Waals surface area (Å²) in [4.78, 5) is 28.4. The maximum absolute atomic E-state index is 14.6. The molecule has 0 saturated carbocycles. The number of ether oxygens (including phenoxy) is 4. The number of carbonyl (C=O) groups is 2. The van der Waals surface area contributed by atoms with Crippen molar-refractivity contribution in [1.29, 1.82) is 0 Å². The molecule has 2 bridgehead atoms. The van der Waals surface area contributed by atoms with E-state index in [9.17, 15) is 28.3 Å². The molecule has 5 aromatic rings. The summed E-state index contributed by atoms with van der Waals surface area (Å²) in [5, 5.41) is 23.8. The molecule has 4 aliphatic heterocycles. The Morgan fingerprint density at radius 2 is 1.55 bits per heavy atom. The number of carbonyl (C=O) groups excluding carboxylic acids is 1. The van der Waals surface area contributed by atoms with Gasteiger partial charge in [0.25, 0.3) is 0 Å². The van der Waals surface area contributed by atoms with E-state index in [1.165, 1.54) is 43.1 Å². The van der Waals surface area contributed by atoms with Crippen molar-refractivity contribution in [2.45, 2.75) is 54.9 Å². The lowest BCUT2D eigenvalue weighted by Gasteiger charge is -2.48. The second-order valence-electron chi connectivity index (χ2n) is 16.3. The van der Waals surface area contributed by atoms with Crippen molar-refractivity contribution in [3.05, 3.63) is 147 Å². The number of carboxylic acids is 1. The first-order valence-electron chi connectivity index (χ1n) is 20.9. The number of aromatic nitrogens is 1. The van der Waals surface area contributed by atoms with Crippen LogP contribution in [-0.4, -0.2) is 92.5 Å². The fourth-order valence-electron chi connectivity index (χ4n) is 9.14. The van der Waals surface area contributed by atoms with E-state index in [0.29, 0.717) is 44.6 Å². The Labute approximate surface area is 381 Å². The second kappa shape index (κ2) is 19.3. The first-order valence-corrected chi connectivity index (χ1v) is 23.1.